The number of ether oxygens (including phenoxy) is 1. The molecule has 154 valence electrons. The number of aromatic nitrogens is 4. The van der Waals surface area contributed by atoms with Crippen LogP contribution in [0.2, 0.25) is 0 Å². The van der Waals surface area contributed by atoms with Gasteiger partial charge in [0.1, 0.15) is 11.7 Å². The van der Waals surface area contributed by atoms with E-state index in [1.54, 1.807) is 6.07 Å². The molecule has 1 N–H and O–H groups in total. The molecule has 0 spiro atoms. The van der Waals surface area contributed by atoms with Crippen molar-refractivity contribution in [1.82, 2.24) is 25.2 Å². The fourth-order valence-electron chi connectivity index (χ4n) is 2.67. The summed E-state index contributed by atoms with van der Waals surface area (Å²) in [5.41, 5.74) is 0.307. The largest absolute Gasteiger partial charge is 0.435 e. The van der Waals surface area contributed by atoms with Crippen molar-refractivity contribution in [3.05, 3.63) is 53.2 Å². The lowest BCUT2D eigenvalue weighted by Crippen LogP contribution is -2.32. The Morgan fingerprint density at radius 2 is 2.10 bits per heavy atom. The Kier molecular flexibility index (Phi) is 5.69. The van der Waals surface area contributed by atoms with E-state index in [0.29, 0.717) is 11.9 Å². The number of carbonyl (C=O) groups is 1. The van der Waals surface area contributed by atoms with E-state index in [1.165, 1.54) is 14.2 Å². The third-order valence-corrected chi connectivity index (χ3v) is 4.06. The summed E-state index contributed by atoms with van der Waals surface area (Å²) < 4.78 is 49.6. The Labute approximate surface area is 163 Å². The molecule has 0 saturated heterocycles. The third-order valence-electron chi connectivity index (χ3n) is 4.06. The average Bonchev–Trinajstić information content (AvgIpc) is 3.28. The van der Waals surface area contributed by atoms with Crippen LogP contribution in [0, 0.1) is 6.92 Å². The first kappa shape index (κ1) is 20.5. The molecule has 11 heteroatoms. The van der Waals surface area contributed by atoms with Crippen molar-refractivity contribution in [3.63, 3.8) is 0 Å². The SMILES string of the molecule is COC[C@@H](NC(=O)c1cc(C(F)(F)F)nn1C)c1nc(-c2cccc(C)c2)no1. The number of nitrogens with one attached hydrogen (secondary N) is 1. The maximum Gasteiger partial charge on any atom is 0.435 e. The van der Waals surface area contributed by atoms with Crippen LogP contribution in [-0.2, 0) is 18.0 Å². The molecule has 0 saturated carbocycles. The van der Waals surface area contributed by atoms with E-state index < -0.39 is 23.8 Å². The number of halogens is 3. The van der Waals surface area contributed by atoms with Gasteiger partial charge in [-0.25, -0.2) is 0 Å². The van der Waals surface area contributed by atoms with Gasteiger partial charge in [-0.1, -0.05) is 28.9 Å². The van der Waals surface area contributed by atoms with E-state index in [2.05, 4.69) is 20.6 Å². The van der Waals surface area contributed by atoms with Gasteiger partial charge in [0.15, 0.2) is 5.69 Å². The molecule has 2 heterocycles. The highest BCUT2D eigenvalue weighted by molar-refractivity contribution is 5.92. The summed E-state index contributed by atoms with van der Waals surface area (Å²) in [4.78, 5) is 16.8. The number of hydrogen-bond donors (Lipinski definition) is 1. The first-order chi connectivity index (χ1) is 13.7. The zero-order chi connectivity index (χ0) is 21.2. The molecular formula is C18H18F3N5O3. The highest BCUT2D eigenvalue weighted by Gasteiger charge is 2.36. The second-order valence-corrected chi connectivity index (χ2v) is 6.34. The lowest BCUT2D eigenvalue weighted by molar-refractivity contribution is -0.141. The van der Waals surface area contributed by atoms with Crippen LogP contribution in [0.1, 0.15) is 33.7 Å². The van der Waals surface area contributed by atoms with Crippen molar-refractivity contribution in [2.75, 3.05) is 13.7 Å². The quantitative estimate of drug-likeness (QED) is 0.673. The first-order valence-corrected chi connectivity index (χ1v) is 8.50. The fraction of sp³-hybridized carbons (Fsp3) is 0.333. The topological polar surface area (TPSA) is 95.1 Å². The molecule has 3 rings (SSSR count). The summed E-state index contributed by atoms with van der Waals surface area (Å²) in [7, 11) is 2.65. The number of nitrogens with zero attached hydrogens (tertiary/aromatic N) is 4. The molecule has 0 fully saturated rings. The van der Waals surface area contributed by atoms with Crippen LogP contribution < -0.4 is 5.32 Å². The number of amides is 1. The second-order valence-electron chi connectivity index (χ2n) is 6.34. The molecule has 1 amide bonds. The lowest BCUT2D eigenvalue weighted by atomic mass is 10.1. The average molecular weight is 409 g/mol. The molecule has 1 atom stereocenters. The Morgan fingerprint density at radius 3 is 2.72 bits per heavy atom. The van der Waals surface area contributed by atoms with Gasteiger partial charge in [-0.05, 0) is 13.0 Å². The minimum Gasteiger partial charge on any atom is -0.382 e. The summed E-state index contributed by atoms with van der Waals surface area (Å²) >= 11 is 0. The van der Waals surface area contributed by atoms with Crippen molar-refractivity contribution in [3.8, 4) is 11.4 Å². The first-order valence-electron chi connectivity index (χ1n) is 8.50. The van der Waals surface area contributed by atoms with Crippen LogP contribution in [0.15, 0.2) is 34.9 Å². The number of hydrogen-bond acceptors (Lipinski definition) is 6. The van der Waals surface area contributed by atoms with Crippen molar-refractivity contribution in [2.24, 2.45) is 7.05 Å². The maximum atomic E-state index is 12.8. The maximum absolute atomic E-state index is 12.8. The summed E-state index contributed by atoms with van der Waals surface area (Å²) in [6.45, 7) is 1.90. The number of alkyl halides is 3. The highest BCUT2D eigenvalue weighted by atomic mass is 19.4. The van der Waals surface area contributed by atoms with Crippen molar-refractivity contribution in [2.45, 2.75) is 19.1 Å². The van der Waals surface area contributed by atoms with E-state index in [1.807, 2.05) is 25.1 Å². The van der Waals surface area contributed by atoms with Gasteiger partial charge in [0, 0.05) is 25.8 Å². The van der Waals surface area contributed by atoms with E-state index in [0.717, 1.165) is 15.8 Å². The molecule has 0 aliphatic carbocycles. The van der Waals surface area contributed by atoms with Gasteiger partial charge in [0.2, 0.25) is 5.82 Å². The monoisotopic (exact) mass is 409 g/mol. The number of aryl methyl sites for hydroxylation is 2. The van der Waals surface area contributed by atoms with Gasteiger partial charge in [0.25, 0.3) is 11.8 Å². The molecule has 0 unspecified atom stereocenters. The van der Waals surface area contributed by atoms with Crippen molar-refractivity contribution >= 4 is 5.91 Å². The molecule has 0 aliphatic heterocycles. The molecule has 29 heavy (non-hydrogen) atoms. The number of benzene rings is 1. The molecule has 0 aliphatic rings. The van der Waals surface area contributed by atoms with Gasteiger partial charge in [0.05, 0.1) is 6.61 Å². The van der Waals surface area contributed by atoms with Crippen LogP contribution in [0.25, 0.3) is 11.4 Å². The molecule has 0 bridgehead atoms. The summed E-state index contributed by atoms with van der Waals surface area (Å²) in [5.74, 6) is -0.401. The van der Waals surface area contributed by atoms with E-state index >= 15 is 0 Å². The lowest BCUT2D eigenvalue weighted by Gasteiger charge is -2.13. The smallest absolute Gasteiger partial charge is 0.382 e. The molecule has 0 radical (unpaired) electrons. The highest BCUT2D eigenvalue weighted by Crippen LogP contribution is 2.28. The van der Waals surface area contributed by atoms with Gasteiger partial charge >= 0.3 is 6.18 Å². The number of rotatable bonds is 6. The zero-order valence-corrected chi connectivity index (χ0v) is 15.8. The zero-order valence-electron chi connectivity index (χ0n) is 15.8. The number of methoxy groups -OCH3 is 1. The minimum atomic E-state index is -4.66. The number of carbonyl (C=O) groups excluding carboxylic acids is 1. The van der Waals surface area contributed by atoms with Crippen LogP contribution in [-0.4, -0.2) is 39.5 Å². The third kappa shape index (κ3) is 4.62. The Bertz CT molecular complexity index is 1010. The Balaban J connectivity index is 1.82. The molecule has 2 aromatic heterocycles. The van der Waals surface area contributed by atoms with Crippen molar-refractivity contribution in [1.29, 1.82) is 0 Å². The molecule has 8 nitrogen and oxygen atoms in total. The van der Waals surface area contributed by atoms with Gasteiger partial charge < -0.3 is 14.6 Å². The standard InChI is InChI=1S/C18H18F3N5O3/c1-10-5-4-6-11(7-10)15-23-17(29-25-15)12(9-28-3)22-16(27)13-8-14(18(19,20)21)24-26(13)2/h4-8,12H,9H2,1-3H3,(H,22,27)/t12-/m1/s1. The van der Waals surface area contributed by atoms with Crippen LogP contribution in [0.4, 0.5) is 13.2 Å². The Morgan fingerprint density at radius 1 is 1.34 bits per heavy atom. The van der Waals surface area contributed by atoms with Crippen molar-refractivity contribution < 1.29 is 27.2 Å². The predicted octanol–water partition coefficient (Wildman–Crippen LogP) is 2.91. The summed E-state index contributed by atoms with van der Waals surface area (Å²) in [5, 5.41) is 9.78. The van der Waals surface area contributed by atoms with E-state index in [9.17, 15) is 18.0 Å². The second kappa shape index (κ2) is 8.03. The minimum absolute atomic E-state index is 0.0226. The molecule has 1 aromatic carbocycles. The summed E-state index contributed by atoms with van der Waals surface area (Å²) in [6.07, 6.45) is -4.66. The summed E-state index contributed by atoms with van der Waals surface area (Å²) in [6, 6.07) is 7.25. The Hall–Kier alpha value is -3.21. The normalized spacial score (nSPS) is 12.8. The molecular weight excluding hydrogens is 391 g/mol. The van der Waals surface area contributed by atoms with Gasteiger partial charge in [-0.2, -0.15) is 23.3 Å². The van der Waals surface area contributed by atoms with Gasteiger partial charge in [-0.3, -0.25) is 9.48 Å². The predicted molar refractivity (Wildman–Crippen MR) is 94.8 cm³/mol. The van der Waals surface area contributed by atoms with E-state index in [-0.39, 0.29) is 18.2 Å². The molecule has 3 aromatic rings. The fourth-order valence-corrected chi connectivity index (χ4v) is 2.67. The van der Waals surface area contributed by atoms with Crippen LogP contribution >= 0.6 is 0 Å². The van der Waals surface area contributed by atoms with Crippen LogP contribution in [0.5, 0.6) is 0 Å². The van der Waals surface area contributed by atoms with Crippen LogP contribution in [0.3, 0.4) is 0 Å². The van der Waals surface area contributed by atoms with E-state index in [4.69, 9.17) is 9.26 Å². The van der Waals surface area contributed by atoms with Gasteiger partial charge in [-0.15, -0.1) is 0 Å².